The van der Waals surface area contributed by atoms with Crippen LogP contribution in [0.15, 0.2) is 34.9 Å². The van der Waals surface area contributed by atoms with Crippen molar-refractivity contribution in [3.8, 4) is 11.4 Å². The fourth-order valence-corrected chi connectivity index (χ4v) is 3.82. The number of rotatable bonds is 3. The molecule has 0 bridgehead atoms. The number of thiazole rings is 1. The average molecular weight is 379 g/mol. The standard InChI is InChI=1S/C15H15BrN4OS/c16-12-3-1-11(2-4-12)14-17-18-15-20(14)10-13(22-15)9-19-5-7-21-8-6-19/h1-4,10H,5-9H2. The van der Waals surface area contributed by atoms with E-state index < -0.39 is 0 Å². The van der Waals surface area contributed by atoms with Crippen LogP contribution in [-0.4, -0.2) is 45.8 Å². The van der Waals surface area contributed by atoms with Gasteiger partial charge in [-0.15, -0.1) is 10.2 Å². The Labute approximate surface area is 140 Å². The molecule has 2 aromatic heterocycles. The number of fused-ring (bicyclic) bond motifs is 1. The number of morpholine rings is 1. The second-order valence-electron chi connectivity index (χ2n) is 5.27. The lowest BCUT2D eigenvalue weighted by Gasteiger charge is -2.25. The Morgan fingerprint density at radius 3 is 2.68 bits per heavy atom. The van der Waals surface area contributed by atoms with Crippen molar-refractivity contribution in [2.24, 2.45) is 0 Å². The van der Waals surface area contributed by atoms with Crippen molar-refractivity contribution < 1.29 is 4.74 Å². The van der Waals surface area contributed by atoms with Crippen molar-refractivity contribution in [3.05, 3.63) is 39.8 Å². The number of halogens is 1. The van der Waals surface area contributed by atoms with E-state index in [2.05, 4.69) is 53.8 Å². The fourth-order valence-electron chi connectivity index (χ4n) is 2.60. The third-order valence-corrected chi connectivity index (χ3v) is 5.23. The molecule has 4 rings (SSSR count). The molecule has 0 radical (unpaired) electrons. The molecule has 0 N–H and O–H groups in total. The van der Waals surface area contributed by atoms with Crippen molar-refractivity contribution in [2.75, 3.05) is 26.3 Å². The van der Waals surface area contributed by atoms with Crippen molar-refractivity contribution in [1.29, 1.82) is 0 Å². The summed E-state index contributed by atoms with van der Waals surface area (Å²) in [7, 11) is 0. The quantitative estimate of drug-likeness (QED) is 0.702. The molecule has 1 fully saturated rings. The van der Waals surface area contributed by atoms with Crippen LogP contribution in [0.4, 0.5) is 0 Å². The molecule has 0 unspecified atom stereocenters. The van der Waals surface area contributed by atoms with Gasteiger partial charge in [0.2, 0.25) is 4.96 Å². The molecule has 0 atom stereocenters. The van der Waals surface area contributed by atoms with Crippen LogP contribution in [0.1, 0.15) is 4.88 Å². The molecule has 3 aromatic rings. The smallest absolute Gasteiger partial charge is 0.216 e. The first-order valence-corrected chi connectivity index (χ1v) is 8.80. The average Bonchev–Trinajstić information content (AvgIpc) is 3.09. The Morgan fingerprint density at radius 1 is 1.14 bits per heavy atom. The van der Waals surface area contributed by atoms with E-state index in [1.807, 2.05) is 12.1 Å². The maximum absolute atomic E-state index is 5.40. The zero-order valence-corrected chi connectivity index (χ0v) is 14.3. The molecule has 114 valence electrons. The van der Waals surface area contributed by atoms with Crippen molar-refractivity contribution in [2.45, 2.75) is 6.54 Å². The molecule has 0 spiro atoms. The Kier molecular flexibility index (Phi) is 3.96. The number of hydrogen-bond donors (Lipinski definition) is 0. The first-order valence-electron chi connectivity index (χ1n) is 7.19. The van der Waals surface area contributed by atoms with Gasteiger partial charge in [0, 0.05) is 40.7 Å². The highest BCUT2D eigenvalue weighted by Crippen LogP contribution is 2.25. The maximum atomic E-state index is 5.40. The van der Waals surface area contributed by atoms with Crippen LogP contribution in [0, 0.1) is 0 Å². The maximum Gasteiger partial charge on any atom is 0.216 e. The largest absolute Gasteiger partial charge is 0.379 e. The Bertz CT molecular complexity index is 777. The van der Waals surface area contributed by atoms with Crippen LogP contribution in [0.3, 0.4) is 0 Å². The highest BCUT2D eigenvalue weighted by molar-refractivity contribution is 9.10. The topological polar surface area (TPSA) is 42.7 Å². The molecule has 1 saturated heterocycles. The summed E-state index contributed by atoms with van der Waals surface area (Å²) in [6.45, 7) is 4.61. The summed E-state index contributed by atoms with van der Waals surface area (Å²) in [6.07, 6.45) is 2.16. The van der Waals surface area contributed by atoms with Gasteiger partial charge in [0.15, 0.2) is 5.82 Å². The van der Waals surface area contributed by atoms with Crippen LogP contribution >= 0.6 is 27.3 Å². The van der Waals surface area contributed by atoms with Gasteiger partial charge in [0.1, 0.15) is 0 Å². The lowest BCUT2D eigenvalue weighted by atomic mass is 10.2. The van der Waals surface area contributed by atoms with E-state index in [9.17, 15) is 0 Å². The molecular weight excluding hydrogens is 364 g/mol. The SMILES string of the molecule is Brc1ccc(-c2nnc3sc(CN4CCOCC4)cn23)cc1. The third kappa shape index (κ3) is 2.81. The van der Waals surface area contributed by atoms with Gasteiger partial charge in [0.25, 0.3) is 0 Å². The highest BCUT2D eigenvalue weighted by Gasteiger charge is 2.15. The lowest BCUT2D eigenvalue weighted by molar-refractivity contribution is 0.0346. The van der Waals surface area contributed by atoms with Gasteiger partial charge in [-0.05, 0) is 12.1 Å². The molecule has 0 amide bonds. The zero-order chi connectivity index (χ0) is 14.9. The molecular formula is C15H15BrN4OS. The summed E-state index contributed by atoms with van der Waals surface area (Å²) >= 11 is 5.17. The predicted molar refractivity (Wildman–Crippen MR) is 90.1 cm³/mol. The van der Waals surface area contributed by atoms with Crippen molar-refractivity contribution in [3.63, 3.8) is 0 Å². The van der Waals surface area contributed by atoms with Gasteiger partial charge in [0.05, 0.1) is 13.2 Å². The zero-order valence-electron chi connectivity index (χ0n) is 11.9. The number of hydrogen-bond acceptors (Lipinski definition) is 5. The second kappa shape index (κ2) is 6.08. The molecule has 1 aromatic carbocycles. The number of nitrogens with zero attached hydrogens (tertiary/aromatic N) is 4. The van der Waals surface area contributed by atoms with Gasteiger partial charge in [-0.1, -0.05) is 39.4 Å². The molecule has 0 saturated carbocycles. The van der Waals surface area contributed by atoms with Crippen LogP contribution in [0.2, 0.25) is 0 Å². The van der Waals surface area contributed by atoms with E-state index in [0.717, 1.165) is 53.7 Å². The Hall–Kier alpha value is -1.28. The van der Waals surface area contributed by atoms with Crippen molar-refractivity contribution >= 4 is 32.2 Å². The molecule has 3 heterocycles. The number of benzene rings is 1. The minimum atomic E-state index is 0.828. The summed E-state index contributed by atoms with van der Waals surface area (Å²) in [5, 5.41) is 8.63. The number of ether oxygens (including phenoxy) is 1. The minimum Gasteiger partial charge on any atom is -0.379 e. The fraction of sp³-hybridized carbons (Fsp3) is 0.333. The summed E-state index contributed by atoms with van der Waals surface area (Å²) in [6, 6.07) is 8.16. The van der Waals surface area contributed by atoms with E-state index in [4.69, 9.17) is 4.74 Å². The van der Waals surface area contributed by atoms with E-state index in [-0.39, 0.29) is 0 Å². The van der Waals surface area contributed by atoms with Gasteiger partial charge in [-0.3, -0.25) is 9.30 Å². The number of aromatic nitrogens is 3. The summed E-state index contributed by atoms with van der Waals surface area (Å²) in [5.41, 5.74) is 1.08. The first kappa shape index (κ1) is 14.3. The van der Waals surface area contributed by atoms with E-state index >= 15 is 0 Å². The summed E-state index contributed by atoms with van der Waals surface area (Å²) < 4.78 is 8.55. The van der Waals surface area contributed by atoms with E-state index in [1.165, 1.54) is 4.88 Å². The molecule has 5 nitrogen and oxygen atoms in total. The monoisotopic (exact) mass is 378 g/mol. The third-order valence-electron chi connectivity index (χ3n) is 3.75. The van der Waals surface area contributed by atoms with E-state index in [0.29, 0.717) is 0 Å². The van der Waals surface area contributed by atoms with Crippen molar-refractivity contribution in [1.82, 2.24) is 19.5 Å². The van der Waals surface area contributed by atoms with Gasteiger partial charge < -0.3 is 4.74 Å². The molecule has 22 heavy (non-hydrogen) atoms. The molecule has 1 aliphatic heterocycles. The molecule has 1 aliphatic rings. The summed E-state index contributed by atoms with van der Waals surface area (Å²) in [5.74, 6) is 0.895. The normalized spacial score (nSPS) is 16.4. The molecule has 0 aliphatic carbocycles. The highest BCUT2D eigenvalue weighted by atomic mass is 79.9. The molecule has 7 heteroatoms. The van der Waals surface area contributed by atoms with Gasteiger partial charge in [-0.25, -0.2) is 0 Å². The van der Waals surface area contributed by atoms with Gasteiger partial charge >= 0.3 is 0 Å². The predicted octanol–water partition coefficient (Wildman–Crippen LogP) is 3.05. The lowest BCUT2D eigenvalue weighted by Crippen LogP contribution is -2.35. The first-order chi connectivity index (χ1) is 10.8. The second-order valence-corrected chi connectivity index (χ2v) is 7.28. The minimum absolute atomic E-state index is 0.828. The Balaban J connectivity index is 1.62. The van der Waals surface area contributed by atoms with Crippen LogP contribution in [0.25, 0.3) is 16.3 Å². The summed E-state index contributed by atoms with van der Waals surface area (Å²) in [4.78, 5) is 4.67. The van der Waals surface area contributed by atoms with Crippen LogP contribution < -0.4 is 0 Å². The Morgan fingerprint density at radius 2 is 1.91 bits per heavy atom. The van der Waals surface area contributed by atoms with Gasteiger partial charge in [-0.2, -0.15) is 0 Å². The van der Waals surface area contributed by atoms with Crippen LogP contribution in [-0.2, 0) is 11.3 Å². The van der Waals surface area contributed by atoms with E-state index in [1.54, 1.807) is 11.3 Å². The van der Waals surface area contributed by atoms with Crippen LogP contribution in [0.5, 0.6) is 0 Å².